The minimum Gasteiger partial charge on any atom is -0.335 e. The van der Waals surface area contributed by atoms with Crippen molar-refractivity contribution in [3.05, 3.63) is 46.5 Å². The van der Waals surface area contributed by atoms with Crippen molar-refractivity contribution in [2.75, 3.05) is 6.54 Å². The molecule has 2 amide bonds. The first-order valence-corrected chi connectivity index (χ1v) is 5.45. The highest BCUT2D eigenvalue weighted by atomic mass is 35.5. The highest BCUT2D eigenvalue weighted by Crippen LogP contribution is 2.20. The van der Waals surface area contributed by atoms with Crippen molar-refractivity contribution < 1.29 is 4.79 Å². The highest BCUT2D eigenvalue weighted by molar-refractivity contribution is 6.35. The first-order chi connectivity index (χ1) is 7.63. The normalized spacial score (nSPS) is 9.62. The average Bonchev–Trinajstić information content (AvgIpc) is 2.25. The minimum atomic E-state index is -0.258. The lowest BCUT2D eigenvalue weighted by atomic mass is 10.2. The van der Waals surface area contributed by atoms with E-state index in [-0.39, 0.29) is 6.03 Å². The lowest BCUT2D eigenvalue weighted by Crippen LogP contribution is -2.35. The van der Waals surface area contributed by atoms with E-state index in [2.05, 4.69) is 17.2 Å². The van der Waals surface area contributed by atoms with Gasteiger partial charge in [-0.05, 0) is 17.7 Å². The quantitative estimate of drug-likeness (QED) is 0.802. The van der Waals surface area contributed by atoms with Crippen molar-refractivity contribution in [1.82, 2.24) is 10.6 Å². The zero-order valence-electron chi connectivity index (χ0n) is 8.59. The van der Waals surface area contributed by atoms with E-state index in [4.69, 9.17) is 23.2 Å². The number of halogens is 2. The molecule has 1 aromatic carbocycles. The van der Waals surface area contributed by atoms with Gasteiger partial charge in [0.2, 0.25) is 0 Å². The summed E-state index contributed by atoms with van der Waals surface area (Å²) in [6.45, 7) is 4.29. The smallest absolute Gasteiger partial charge is 0.315 e. The molecule has 5 heteroatoms. The van der Waals surface area contributed by atoms with Crippen LogP contribution in [0, 0.1) is 0 Å². The maximum Gasteiger partial charge on any atom is 0.315 e. The Hall–Kier alpha value is -1.19. The van der Waals surface area contributed by atoms with Crippen LogP contribution < -0.4 is 10.6 Å². The Kier molecular flexibility index (Phi) is 5.15. The van der Waals surface area contributed by atoms with Crippen LogP contribution in [0.25, 0.3) is 0 Å². The number of urea groups is 1. The second kappa shape index (κ2) is 6.40. The standard InChI is InChI=1S/C11H12Cl2N2O/c1-2-5-14-11(16)15-7-8-3-4-9(12)6-10(8)13/h2-4,6H,1,5,7H2,(H2,14,15,16). The molecular weight excluding hydrogens is 247 g/mol. The van der Waals surface area contributed by atoms with Crippen molar-refractivity contribution in [3.63, 3.8) is 0 Å². The SMILES string of the molecule is C=CCNC(=O)NCc1ccc(Cl)cc1Cl. The summed E-state index contributed by atoms with van der Waals surface area (Å²) in [6, 6.07) is 4.89. The average molecular weight is 259 g/mol. The minimum absolute atomic E-state index is 0.258. The molecule has 86 valence electrons. The molecule has 0 radical (unpaired) electrons. The summed E-state index contributed by atoms with van der Waals surface area (Å²) in [5.41, 5.74) is 0.819. The summed E-state index contributed by atoms with van der Waals surface area (Å²) < 4.78 is 0. The molecule has 0 unspecified atom stereocenters. The van der Waals surface area contributed by atoms with Crippen LogP contribution in [0.5, 0.6) is 0 Å². The summed E-state index contributed by atoms with van der Waals surface area (Å²) in [6.07, 6.45) is 1.61. The molecule has 0 atom stereocenters. The maximum absolute atomic E-state index is 11.2. The summed E-state index contributed by atoms with van der Waals surface area (Å²) in [7, 11) is 0. The van der Waals surface area contributed by atoms with Gasteiger partial charge in [0.05, 0.1) is 0 Å². The topological polar surface area (TPSA) is 41.1 Å². The van der Waals surface area contributed by atoms with Crippen molar-refractivity contribution in [3.8, 4) is 0 Å². The van der Waals surface area contributed by atoms with E-state index in [9.17, 15) is 4.79 Å². The molecule has 0 fully saturated rings. The summed E-state index contributed by atoms with van der Waals surface area (Å²) in [5, 5.41) is 6.38. The van der Waals surface area contributed by atoms with Crippen LogP contribution >= 0.6 is 23.2 Å². The van der Waals surface area contributed by atoms with Gasteiger partial charge in [0.15, 0.2) is 0 Å². The Morgan fingerprint density at radius 2 is 2.12 bits per heavy atom. The molecule has 0 aliphatic carbocycles. The van der Waals surface area contributed by atoms with Gasteiger partial charge < -0.3 is 10.6 Å². The van der Waals surface area contributed by atoms with E-state index in [0.717, 1.165) is 5.56 Å². The number of amides is 2. The van der Waals surface area contributed by atoms with Crippen LogP contribution in [0.1, 0.15) is 5.56 Å². The van der Waals surface area contributed by atoms with E-state index < -0.39 is 0 Å². The molecular formula is C11H12Cl2N2O. The summed E-state index contributed by atoms with van der Waals surface area (Å²) >= 11 is 11.7. The van der Waals surface area contributed by atoms with Crippen molar-refractivity contribution in [2.24, 2.45) is 0 Å². The molecule has 16 heavy (non-hydrogen) atoms. The number of carbonyl (C=O) groups excluding carboxylic acids is 1. The fraction of sp³-hybridized carbons (Fsp3) is 0.182. The zero-order chi connectivity index (χ0) is 12.0. The Balaban J connectivity index is 2.48. The fourth-order valence-electron chi connectivity index (χ4n) is 1.07. The number of hydrogen-bond donors (Lipinski definition) is 2. The van der Waals surface area contributed by atoms with E-state index in [1.807, 2.05) is 0 Å². The number of rotatable bonds is 4. The first kappa shape index (κ1) is 12.9. The fourth-order valence-corrected chi connectivity index (χ4v) is 1.54. The van der Waals surface area contributed by atoms with Gasteiger partial charge in [-0.15, -0.1) is 6.58 Å². The molecule has 0 heterocycles. The number of benzene rings is 1. The molecule has 0 spiro atoms. The van der Waals surface area contributed by atoms with E-state index in [1.54, 1.807) is 24.3 Å². The van der Waals surface area contributed by atoms with Crippen LogP contribution in [0.15, 0.2) is 30.9 Å². The Morgan fingerprint density at radius 1 is 1.38 bits per heavy atom. The van der Waals surface area contributed by atoms with Gasteiger partial charge in [-0.25, -0.2) is 4.79 Å². The van der Waals surface area contributed by atoms with Crippen molar-refractivity contribution in [2.45, 2.75) is 6.54 Å². The summed E-state index contributed by atoms with van der Waals surface area (Å²) in [5.74, 6) is 0. The predicted octanol–water partition coefficient (Wildman–Crippen LogP) is 2.98. The van der Waals surface area contributed by atoms with E-state index in [0.29, 0.717) is 23.1 Å². The molecule has 0 bridgehead atoms. The molecule has 0 aromatic heterocycles. The number of nitrogens with one attached hydrogen (secondary N) is 2. The van der Waals surface area contributed by atoms with Crippen LogP contribution in [0.4, 0.5) is 4.79 Å². The lowest BCUT2D eigenvalue weighted by Gasteiger charge is -2.07. The second-order valence-corrected chi connectivity index (χ2v) is 3.93. The van der Waals surface area contributed by atoms with Crippen molar-refractivity contribution >= 4 is 29.2 Å². The number of hydrogen-bond acceptors (Lipinski definition) is 1. The largest absolute Gasteiger partial charge is 0.335 e. The molecule has 1 rings (SSSR count). The van der Waals surface area contributed by atoms with Crippen LogP contribution in [-0.4, -0.2) is 12.6 Å². The molecule has 3 nitrogen and oxygen atoms in total. The van der Waals surface area contributed by atoms with Crippen LogP contribution in [-0.2, 0) is 6.54 Å². The van der Waals surface area contributed by atoms with Crippen LogP contribution in [0.2, 0.25) is 10.0 Å². The van der Waals surface area contributed by atoms with Gasteiger partial charge in [0.25, 0.3) is 0 Å². The third-order valence-corrected chi connectivity index (χ3v) is 2.45. The Morgan fingerprint density at radius 3 is 2.75 bits per heavy atom. The number of carbonyl (C=O) groups is 1. The third kappa shape index (κ3) is 4.13. The Bertz CT molecular complexity index is 394. The molecule has 0 saturated carbocycles. The van der Waals surface area contributed by atoms with Gasteiger partial charge in [0.1, 0.15) is 0 Å². The lowest BCUT2D eigenvalue weighted by molar-refractivity contribution is 0.241. The van der Waals surface area contributed by atoms with Crippen LogP contribution in [0.3, 0.4) is 0 Å². The second-order valence-electron chi connectivity index (χ2n) is 3.09. The molecule has 0 aliphatic rings. The highest BCUT2D eigenvalue weighted by Gasteiger charge is 2.03. The van der Waals surface area contributed by atoms with Gasteiger partial charge in [-0.3, -0.25) is 0 Å². The molecule has 1 aromatic rings. The first-order valence-electron chi connectivity index (χ1n) is 4.70. The maximum atomic E-state index is 11.2. The van der Waals surface area contributed by atoms with Gasteiger partial charge in [-0.1, -0.05) is 35.3 Å². The van der Waals surface area contributed by atoms with Gasteiger partial charge >= 0.3 is 6.03 Å². The monoisotopic (exact) mass is 258 g/mol. The molecule has 2 N–H and O–H groups in total. The molecule has 0 aliphatic heterocycles. The van der Waals surface area contributed by atoms with Gasteiger partial charge in [0, 0.05) is 23.1 Å². The predicted molar refractivity (Wildman–Crippen MR) is 66.9 cm³/mol. The van der Waals surface area contributed by atoms with E-state index >= 15 is 0 Å². The van der Waals surface area contributed by atoms with Gasteiger partial charge in [-0.2, -0.15) is 0 Å². The molecule has 0 saturated heterocycles. The third-order valence-electron chi connectivity index (χ3n) is 1.86. The summed E-state index contributed by atoms with van der Waals surface area (Å²) in [4.78, 5) is 11.2. The van der Waals surface area contributed by atoms with E-state index in [1.165, 1.54) is 0 Å². The Labute approximate surface area is 104 Å². The zero-order valence-corrected chi connectivity index (χ0v) is 10.1. The van der Waals surface area contributed by atoms with Crippen molar-refractivity contribution in [1.29, 1.82) is 0 Å².